The molecular weight excluding hydrogens is 272 g/mol. The number of anilines is 1. The van der Waals surface area contributed by atoms with Crippen LogP contribution in [-0.4, -0.2) is 24.2 Å². The summed E-state index contributed by atoms with van der Waals surface area (Å²) >= 11 is 0. The van der Waals surface area contributed by atoms with Gasteiger partial charge in [0.25, 0.3) is 0 Å². The molecule has 2 aromatic carbocycles. The van der Waals surface area contributed by atoms with Gasteiger partial charge in [-0.05, 0) is 35.4 Å². The first-order chi connectivity index (χ1) is 10.6. The van der Waals surface area contributed by atoms with E-state index in [9.17, 15) is 5.11 Å². The minimum absolute atomic E-state index is 0.211. The van der Waals surface area contributed by atoms with Crippen molar-refractivity contribution < 1.29 is 5.11 Å². The Morgan fingerprint density at radius 2 is 1.73 bits per heavy atom. The van der Waals surface area contributed by atoms with Crippen LogP contribution in [0, 0.1) is 0 Å². The SMILES string of the molecule is CN(C)c1ccc(/C=C/c2ccc(O)c3ncccc23)cc1. The molecule has 0 aliphatic heterocycles. The number of rotatable bonds is 3. The highest BCUT2D eigenvalue weighted by atomic mass is 16.3. The Balaban J connectivity index is 1.94. The van der Waals surface area contributed by atoms with Crippen LogP contribution < -0.4 is 4.90 Å². The molecule has 110 valence electrons. The highest BCUT2D eigenvalue weighted by Gasteiger charge is 2.03. The third kappa shape index (κ3) is 2.79. The van der Waals surface area contributed by atoms with E-state index in [1.807, 2.05) is 38.4 Å². The highest BCUT2D eigenvalue weighted by molar-refractivity contribution is 5.93. The lowest BCUT2D eigenvalue weighted by molar-refractivity contribution is 0.480. The van der Waals surface area contributed by atoms with Crippen LogP contribution in [0.2, 0.25) is 0 Å². The Kier molecular flexibility index (Phi) is 3.79. The summed E-state index contributed by atoms with van der Waals surface area (Å²) in [5.74, 6) is 0.211. The number of hydrogen-bond acceptors (Lipinski definition) is 3. The summed E-state index contributed by atoms with van der Waals surface area (Å²) in [6.07, 6.45) is 5.81. The fourth-order valence-electron chi connectivity index (χ4n) is 2.39. The molecule has 3 heteroatoms. The number of hydrogen-bond donors (Lipinski definition) is 1. The number of benzene rings is 2. The third-order valence-electron chi connectivity index (χ3n) is 3.65. The second kappa shape index (κ2) is 5.90. The first-order valence-electron chi connectivity index (χ1n) is 7.17. The Hall–Kier alpha value is -2.81. The Morgan fingerprint density at radius 1 is 0.955 bits per heavy atom. The Bertz CT molecular complexity index is 820. The summed E-state index contributed by atoms with van der Waals surface area (Å²) in [5, 5.41) is 10.8. The van der Waals surface area contributed by atoms with E-state index in [1.165, 1.54) is 5.69 Å². The number of aromatic nitrogens is 1. The zero-order valence-electron chi connectivity index (χ0n) is 12.7. The number of phenols is 1. The van der Waals surface area contributed by atoms with Crippen molar-refractivity contribution in [2.75, 3.05) is 19.0 Å². The maximum atomic E-state index is 9.87. The minimum atomic E-state index is 0.211. The fraction of sp³-hybridized carbons (Fsp3) is 0.105. The molecule has 22 heavy (non-hydrogen) atoms. The van der Waals surface area contributed by atoms with E-state index in [-0.39, 0.29) is 5.75 Å². The van der Waals surface area contributed by atoms with Crippen molar-refractivity contribution in [1.29, 1.82) is 0 Å². The van der Waals surface area contributed by atoms with E-state index in [0.717, 1.165) is 16.5 Å². The number of aromatic hydroxyl groups is 1. The molecule has 0 unspecified atom stereocenters. The molecule has 1 N–H and O–H groups in total. The van der Waals surface area contributed by atoms with Gasteiger partial charge < -0.3 is 10.0 Å². The van der Waals surface area contributed by atoms with Gasteiger partial charge in [0.1, 0.15) is 11.3 Å². The summed E-state index contributed by atoms with van der Waals surface area (Å²) in [4.78, 5) is 6.31. The molecule has 0 aliphatic carbocycles. The van der Waals surface area contributed by atoms with Gasteiger partial charge in [0.05, 0.1) is 0 Å². The Morgan fingerprint density at radius 3 is 2.45 bits per heavy atom. The largest absolute Gasteiger partial charge is 0.506 e. The first-order valence-corrected chi connectivity index (χ1v) is 7.17. The van der Waals surface area contributed by atoms with Crippen molar-refractivity contribution in [2.24, 2.45) is 0 Å². The molecule has 0 bridgehead atoms. The lowest BCUT2D eigenvalue weighted by atomic mass is 10.1. The van der Waals surface area contributed by atoms with Crippen LogP contribution in [0.5, 0.6) is 5.75 Å². The quantitative estimate of drug-likeness (QED) is 0.735. The van der Waals surface area contributed by atoms with Crippen LogP contribution in [0.3, 0.4) is 0 Å². The second-order valence-electron chi connectivity index (χ2n) is 5.39. The number of fused-ring (bicyclic) bond motifs is 1. The molecule has 3 rings (SSSR count). The fourth-order valence-corrected chi connectivity index (χ4v) is 2.39. The minimum Gasteiger partial charge on any atom is -0.506 e. The van der Waals surface area contributed by atoms with Crippen LogP contribution in [0.4, 0.5) is 5.69 Å². The number of nitrogens with zero attached hydrogens (tertiary/aromatic N) is 2. The van der Waals surface area contributed by atoms with Crippen molar-refractivity contribution in [3.8, 4) is 5.75 Å². The first kappa shape index (κ1) is 14.1. The van der Waals surface area contributed by atoms with E-state index >= 15 is 0 Å². The average Bonchev–Trinajstić information content (AvgIpc) is 2.55. The molecule has 0 radical (unpaired) electrons. The van der Waals surface area contributed by atoms with Crippen molar-refractivity contribution in [3.05, 3.63) is 65.9 Å². The lowest BCUT2D eigenvalue weighted by Crippen LogP contribution is -2.07. The van der Waals surface area contributed by atoms with E-state index in [2.05, 4.69) is 40.2 Å². The number of phenolic OH excluding ortho intramolecular Hbond substituents is 1. The van der Waals surface area contributed by atoms with Crippen molar-refractivity contribution in [3.63, 3.8) is 0 Å². The number of pyridine rings is 1. The molecule has 1 aromatic heterocycles. The van der Waals surface area contributed by atoms with Crippen LogP contribution in [0.1, 0.15) is 11.1 Å². The molecule has 0 spiro atoms. The van der Waals surface area contributed by atoms with Gasteiger partial charge in [0, 0.05) is 31.4 Å². The molecule has 0 saturated carbocycles. The van der Waals surface area contributed by atoms with Gasteiger partial charge in [-0.15, -0.1) is 0 Å². The monoisotopic (exact) mass is 290 g/mol. The normalized spacial score (nSPS) is 11.2. The van der Waals surface area contributed by atoms with Crippen LogP contribution >= 0.6 is 0 Å². The molecule has 0 atom stereocenters. The van der Waals surface area contributed by atoms with Gasteiger partial charge in [0.15, 0.2) is 0 Å². The van der Waals surface area contributed by atoms with Gasteiger partial charge in [-0.3, -0.25) is 4.98 Å². The molecule has 0 amide bonds. The molecule has 0 saturated heterocycles. The summed E-state index contributed by atoms with van der Waals surface area (Å²) in [5.41, 5.74) is 3.98. The van der Waals surface area contributed by atoms with Gasteiger partial charge in [-0.2, -0.15) is 0 Å². The van der Waals surface area contributed by atoms with Crippen molar-refractivity contribution in [2.45, 2.75) is 0 Å². The summed E-state index contributed by atoms with van der Waals surface area (Å²) in [6.45, 7) is 0. The smallest absolute Gasteiger partial charge is 0.141 e. The van der Waals surface area contributed by atoms with Gasteiger partial charge in [-0.25, -0.2) is 0 Å². The van der Waals surface area contributed by atoms with E-state index in [0.29, 0.717) is 5.52 Å². The zero-order chi connectivity index (χ0) is 15.5. The molecule has 0 aliphatic rings. The maximum absolute atomic E-state index is 9.87. The predicted octanol–water partition coefficient (Wildman–Crippen LogP) is 4.18. The Labute approximate surface area is 130 Å². The van der Waals surface area contributed by atoms with Gasteiger partial charge in [0.2, 0.25) is 0 Å². The van der Waals surface area contributed by atoms with Gasteiger partial charge >= 0.3 is 0 Å². The van der Waals surface area contributed by atoms with Crippen LogP contribution in [0.15, 0.2) is 54.7 Å². The van der Waals surface area contributed by atoms with Crippen molar-refractivity contribution >= 4 is 28.7 Å². The van der Waals surface area contributed by atoms with Crippen molar-refractivity contribution in [1.82, 2.24) is 4.98 Å². The zero-order valence-corrected chi connectivity index (χ0v) is 12.7. The van der Waals surface area contributed by atoms with E-state index < -0.39 is 0 Å². The van der Waals surface area contributed by atoms with Gasteiger partial charge in [-0.1, -0.05) is 36.4 Å². The second-order valence-corrected chi connectivity index (χ2v) is 5.39. The predicted molar refractivity (Wildman–Crippen MR) is 93.1 cm³/mol. The lowest BCUT2D eigenvalue weighted by Gasteiger charge is -2.11. The standard InChI is InChI=1S/C19H18N2O/c1-21(2)16-10-6-14(7-11-16)5-8-15-9-12-18(22)19-17(15)4-3-13-20-19/h3-13,22H,1-2H3/b8-5+. The third-order valence-corrected chi connectivity index (χ3v) is 3.65. The topological polar surface area (TPSA) is 36.4 Å². The summed E-state index contributed by atoms with van der Waals surface area (Å²) in [7, 11) is 4.06. The molecule has 0 fully saturated rings. The van der Waals surface area contributed by atoms with E-state index in [4.69, 9.17) is 0 Å². The molecule has 1 heterocycles. The molecule has 3 aromatic rings. The summed E-state index contributed by atoms with van der Waals surface area (Å²) < 4.78 is 0. The molecular formula is C19H18N2O. The maximum Gasteiger partial charge on any atom is 0.141 e. The molecule has 3 nitrogen and oxygen atoms in total. The van der Waals surface area contributed by atoms with Crippen LogP contribution in [0.25, 0.3) is 23.1 Å². The van der Waals surface area contributed by atoms with E-state index in [1.54, 1.807) is 12.3 Å². The average molecular weight is 290 g/mol. The highest BCUT2D eigenvalue weighted by Crippen LogP contribution is 2.26. The summed E-state index contributed by atoms with van der Waals surface area (Å²) in [6, 6.07) is 15.8. The van der Waals surface area contributed by atoms with Crippen LogP contribution in [-0.2, 0) is 0 Å².